The van der Waals surface area contributed by atoms with Crippen molar-refractivity contribution in [3.63, 3.8) is 0 Å². The van der Waals surface area contributed by atoms with Crippen LogP contribution in [-0.4, -0.2) is 37.3 Å². The maximum atomic E-state index is 12.0. The molecule has 6 nitrogen and oxygen atoms in total. The van der Waals surface area contributed by atoms with Crippen molar-refractivity contribution >= 4 is 34.5 Å². The van der Waals surface area contributed by atoms with Crippen molar-refractivity contribution in [2.75, 3.05) is 5.75 Å². The van der Waals surface area contributed by atoms with Crippen LogP contribution in [-0.2, 0) is 4.79 Å². The maximum Gasteiger partial charge on any atom is 0.231 e. The minimum atomic E-state index is 0.0338. The number of carbonyl (C=O) groups excluding carboxylic acids is 1. The van der Waals surface area contributed by atoms with Gasteiger partial charge in [-0.15, -0.1) is 5.10 Å². The molecule has 0 aliphatic carbocycles. The summed E-state index contributed by atoms with van der Waals surface area (Å²) in [5.74, 6) is 1.08. The van der Waals surface area contributed by atoms with Crippen LogP contribution in [0.15, 0.2) is 29.4 Å². The van der Waals surface area contributed by atoms with E-state index in [-0.39, 0.29) is 11.9 Å². The number of imidazole rings is 1. The molecule has 2 heterocycles. The number of amides is 1. The zero-order valence-corrected chi connectivity index (χ0v) is 13.5. The van der Waals surface area contributed by atoms with E-state index in [1.165, 1.54) is 11.8 Å². The molecule has 0 aliphatic rings. The van der Waals surface area contributed by atoms with Crippen molar-refractivity contribution in [2.45, 2.75) is 37.9 Å². The summed E-state index contributed by atoms with van der Waals surface area (Å²) in [5, 5.41) is 10.9. The van der Waals surface area contributed by atoms with Crippen LogP contribution >= 0.6 is 11.8 Å². The fourth-order valence-electron chi connectivity index (χ4n) is 2.49. The van der Waals surface area contributed by atoms with Gasteiger partial charge in [0.25, 0.3) is 0 Å². The number of thioether (sulfide) groups is 1. The molecule has 2 N–H and O–H groups in total. The zero-order chi connectivity index (χ0) is 15.5. The Labute approximate surface area is 132 Å². The molecular formula is C15H19N5OS. The van der Waals surface area contributed by atoms with Gasteiger partial charge in [-0.2, -0.15) is 0 Å². The van der Waals surface area contributed by atoms with E-state index >= 15 is 0 Å². The number of nitrogens with one attached hydrogen (secondary N) is 2. The van der Waals surface area contributed by atoms with Crippen LogP contribution in [0.1, 0.15) is 26.7 Å². The molecule has 0 aliphatic heterocycles. The molecule has 7 heteroatoms. The minimum absolute atomic E-state index is 0.0338. The lowest BCUT2D eigenvalue weighted by molar-refractivity contribution is -0.119. The van der Waals surface area contributed by atoms with Gasteiger partial charge in [0, 0.05) is 6.04 Å². The molecule has 22 heavy (non-hydrogen) atoms. The van der Waals surface area contributed by atoms with Crippen LogP contribution in [0.2, 0.25) is 0 Å². The summed E-state index contributed by atoms with van der Waals surface area (Å²) in [4.78, 5) is 16.4. The van der Waals surface area contributed by atoms with Crippen molar-refractivity contribution in [1.82, 2.24) is 24.9 Å². The van der Waals surface area contributed by atoms with Gasteiger partial charge in [0.1, 0.15) is 0 Å². The highest BCUT2D eigenvalue weighted by Gasteiger charge is 2.14. The molecule has 0 bridgehead atoms. The first kappa shape index (κ1) is 14.9. The second kappa shape index (κ2) is 6.39. The number of aromatic amines is 1. The molecule has 1 amide bonds. The fourth-order valence-corrected chi connectivity index (χ4v) is 3.26. The van der Waals surface area contributed by atoms with Crippen LogP contribution < -0.4 is 5.32 Å². The van der Waals surface area contributed by atoms with E-state index in [1.807, 2.05) is 35.6 Å². The molecule has 0 spiro atoms. The van der Waals surface area contributed by atoms with Gasteiger partial charge < -0.3 is 5.32 Å². The summed E-state index contributed by atoms with van der Waals surface area (Å²) < 4.78 is 1.95. The predicted octanol–water partition coefficient (Wildman–Crippen LogP) is 2.61. The van der Waals surface area contributed by atoms with Gasteiger partial charge in [-0.25, -0.2) is 10.1 Å². The Kier molecular flexibility index (Phi) is 4.33. The lowest BCUT2D eigenvalue weighted by atomic mass is 10.2. The number of para-hydroxylation sites is 2. The molecule has 1 atom stereocenters. The average Bonchev–Trinajstić information content (AvgIpc) is 3.04. The molecule has 0 fully saturated rings. The molecular weight excluding hydrogens is 298 g/mol. The van der Waals surface area contributed by atoms with Gasteiger partial charge in [0.05, 0.1) is 16.8 Å². The van der Waals surface area contributed by atoms with Crippen LogP contribution in [0.4, 0.5) is 0 Å². The van der Waals surface area contributed by atoms with Crippen molar-refractivity contribution in [1.29, 1.82) is 0 Å². The zero-order valence-electron chi connectivity index (χ0n) is 12.7. The number of aromatic nitrogens is 4. The third-order valence-electron chi connectivity index (χ3n) is 3.47. The third kappa shape index (κ3) is 2.94. The van der Waals surface area contributed by atoms with Crippen molar-refractivity contribution in [2.24, 2.45) is 0 Å². The molecule has 0 saturated carbocycles. The summed E-state index contributed by atoms with van der Waals surface area (Å²) in [7, 11) is 0. The highest BCUT2D eigenvalue weighted by molar-refractivity contribution is 7.99. The van der Waals surface area contributed by atoms with Crippen molar-refractivity contribution < 1.29 is 4.79 Å². The Bertz CT molecular complexity index is 794. The summed E-state index contributed by atoms with van der Waals surface area (Å²) in [5.41, 5.74) is 1.91. The Morgan fingerprint density at radius 3 is 3.09 bits per heavy atom. The van der Waals surface area contributed by atoms with Gasteiger partial charge in [-0.05, 0) is 25.5 Å². The normalized spacial score (nSPS) is 12.8. The number of rotatable bonds is 6. The average molecular weight is 317 g/mol. The minimum Gasteiger partial charge on any atom is -0.353 e. The molecule has 3 aromatic rings. The Morgan fingerprint density at radius 2 is 2.27 bits per heavy atom. The van der Waals surface area contributed by atoms with Gasteiger partial charge in [-0.3, -0.25) is 9.20 Å². The third-order valence-corrected chi connectivity index (χ3v) is 4.40. The van der Waals surface area contributed by atoms with Crippen LogP contribution in [0.3, 0.4) is 0 Å². The van der Waals surface area contributed by atoms with Crippen molar-refractivity contribution in [3.8, 4) is 0 Å². The molecule has 0 radical (unpaired) electrons. The second-order valence-corrected chi connectivity index (χ2v) is 6.25. The Hall–Kier alpha value is -2.02. The quantitative estimate of drug-likeness (QED) is 0.685. The van der Waals surface area contributed by atoms with E-state index in [4.69, 9.17) is 0 Å². The maximum absolute atomic E-state index is 12.0. The number of hydrogen-bond donors (Lipinski definition) is 2. The van der Waals surface area contributed by atoms with Crippen LogP contribution in [0.25, 0.3) is 16.8 Å². The number of fused-ring (bicyclic) bond motifs is 3. The van der Waals surface area contributed by atoms with Gasteiger partial charge in [0.2, 0.25) is 11.7 Å². The molecule has 0 unspecified atom stereocenters. The summed E-state index contributed by atoms with van der Waals surface area (Å²) >= 11 is 1.41. The lowest BCUT2D eigenvalue weighted by Crippen LogP contribution is -2.33. The highest BCUT2D eigenvalue weighted by Crippen LogP contribution is 2.22. The largest absolute Gasteiger partial charge is 0.353 e. The highest BCUT2D eigenvalue weighted by atomic mass is 32.2. The van der Waals surface area contributed by atoms with Crippen LogP contribution in [0, 0.1) is 0 Å². The summed E-state index contributed by atoms with van der Waals surface area (Å²) in [6.45, 7) is 4.14. The number of hydrogen-bond acceptors (Lipinski definition) is 4. The van der Waals surface area contributed by atoms with Crippen molar-refractivity contribution in [3.05, 3.63) is 24.3 Å². The number of carbonyl (C=O) groups is 1. The number of benzene rings is 1. The van der Waals surface area contributed by atoms with Gasteiger partial charge in [0.15, 0.2) is 5.16 Å². The van der Waals surface area contributed by atoms with E-state index in [1.54, 1.807) is 0 Å². The first-order chi connectivity index (χ1) is 10.7. The fraction of sp³-hybridized carbons (Fsp3) is 0.400. The molecule has 0 saturated heterocycles. The Morgan fingerprint density at radius 1 is 1.45 bits per heavy atom. The first-order valence-electron chi connectivity index (χ1n) is 7.42. The lowest BCUT2D eigenvalue weighted by Gasteiger charge is -2.11. The van der Waals surface area contributed by atoms with E-state index in [0.717, 1.165) is 29.0 Å². The Balaban J connectivity index is 1.73. The van der Waals surface area contributed by atoms with E-state index in [0.29, 0.717) is 11.5 Å². The summed E-state index contributed by atoms with van der Waals surface area (Å²) in [6, 6.07) is 8.10. The van der Waals surface area contributed by atoms with Gasteiger partial charge >= 0.3 is 0 Å². The number of nitrogens with zero attached hydrogens (tertiary/aromatic N) is 3. The molecule has 1 aromatic carbocycles. The first-order valence-corrected chi connectivity index (χ1v) is 8.41. The standard InChI is InChI=1S/C15H19N5OS/c1-3-6-10(2)16-13(21)9-22-15-19-18-14-17-11-7-4-5-8-12(11)20(14)15/h4-5,7-8,10H,3,6,9H2,1-2H3,(H,16,21)(H,17,18)/t10-/m1/s1. The summed E-state index contributed by atoms with van der Waals surface area (Å²) in [6.07, 6.45) is 2.06. The van der Waals surface area contributed by atoms with Crippen LogP contribution in [0.5, 0.6) is 0 Å². The predicted molar refractivity (Wildman–Crippen MR) is 88.1 cm³/mol. The molecule has 116 valence electrons. The molecule has 3 rings (SSSR count). The SMILES string of the molecule is CCC[C@@H](C)NC(=O)CSc1n[nH]c2nc3ccccc3n12. The topological polar surface area (TPSA) is 75.1 Å². The monoisotopic (exact) mass is 317 g/mol. The molecule has 2 aromatic heterocycles. The van der Waals surface area contributed by atoms with Gasteiger partial charge in [-0.1, -0.05) is 37.2 Å². The number of H-pyrrole nitrogens is 1. The smallest absolute Gasteiger partial charge is 0.231 e. The van der Waals surface area contributed by atoms with E-state index < -0.39 is 0 Å². The van der Waals surface area contributed by atoms with E-state index in [9.17, 15) is 4.79 Å². The second-order valence-electron chi connectivity index (χ2n) is 5.31. The van der Waals surface area contributed by atoms with E-state index in [2.05, 4.69) is 27.4 Å².